The van der Waals surface area contributed by atoms with Crippen LogP contribution in [0, 0.1) is 17.3 Å². The van der Waals surface area contributed by atoms with E-state index in [0.717, 1.165) is 24.9 Å². The van der Waals surface area contributed by atoms with Gasteiger partial charge in [0.15, 0.2) is 0 Å². The van der Waals surface area contributed by atoms with Crippen molar-refractivity contribution in [2.75, 3.05) is 13.1 Å². The minimum atomic E-state index is 0.230. The summed E-state index contributed by atoms with van der Waals surface area (Å²) in [6, 6.07) is 0. The van der Waals surface area contributed by atoms with Gasteiger partial charge in [0.2, 0.25) is 0 Å². The van der Waals surface area contributed by atoms with Gasteiger partial charge in [-0.2, -0.15) is 0 Å². The molecule has 1 atom stereocenters. The van der Waals surface area contributed by atoms with Crippen molar-refractivity contribution in [3.63, 3.8) is 0 Å². The van der Waals surface area contributed by atoms with Crippen LogP contribution in [0.2, 0.25) is 0 Å². The van der Waals surface area contributed by atoms with Crippen LogP contribution >= 0.6 is 0 Å². The van der Waals surface area contributed by atoms with E-state index in [4.69, 9.17) is 0 Å². The molecular weight excluding hydrogens is 170 g/mol. The zero-order valence-electron chi connectivity index (χ0n) is 10.8. The third kappa shape index (κ3) is 5.43. The first-order chi connectivity index (χ1) is 6.25. The molecule has 0 bridgehead atoms. The summed E-state index contributed by atoms with van der Waals surface area (Å²) in [6.45, 7) is 19.6. The molecular formula is C13H27N. The van der Waals surface area contributed by atoms with Gasteiger partial charge in [-0.05, 0) is 23.8 Å². The average Bonchev–Trinajstić information content (AvgIpc) is 2.01. The molecule has 14 heavy (non-hydrogen) atoms. The van der Waals surface area contributed by atoms with Crippen LogP contribution in [-0.4, -0.2) is 13.1 Å². The SMILES string of the molecule is C=C(CNCC(C)C(C)C)C(C)(C)C. The molecule has 1 N–H and O–H groups in total. The first-order valence-electron chi connectivity index (χ1n) is 5.64. The Bertz CT molecular complexity index is 174. The number of rotatable bonds is 5. The van der Waals surface area contributed by atoms with Gasteiger partial charge >= 0.3 is 0 Å². The molecule has 0 spiro atoms. The molecule has 1 unspecified atom stereocenters. The highest BCUT2D eigenvalue weighted by atomic mass is 14.9. The third-order valence-corrected chi connectivity index (χ3v) is 3.00. The minimum absolute atomic E-state index is 0.230. The van der Waals surface area contributed by atoms with Gasteiger partial charge in [0.1, 0.15) is 0 Å². The summed E-state index contributed by atoms with van der Waals surface area (Å²) >= 11 is 0. The Labute approximate surface area is 90.0 Å². The van der Waals surface area contributed by atoms with E-state index >= 15 is 0 Å². The summed E-state index contributed by atoms with van der Waals surface area (Å²) in [5.41, 5.74) is 1.52. The third-order valence-electron chi connectivity index (χ3n) is 3.00. The second-order valence-corrected chi connectivity index (χ2v) is 5.71. The Morgan fingerprint density at radius 1 is 1.21 bits per heavy atom. The molecule has 0 rings (SSSR count). The average molecular weight is 197 g/mol. The van der Waals surface area contributed by atoms with E-state index in [1.54, 1.807) is 0 Å². The maximum absolute atomic E-state index is 4.11. The Morgan fingerprint density at radius 3 is 2.07 bits per heavy atom. The number of hydrogen-bond acceptors (Lipinski definition) is 1. The fraction of sp³-hybridized carbons (Fsp3) is 0.846. The largest absolute Gasteiger partial charge is 0.313 e. The summed E-state index contributed by atoms with van der Waals surface area (Å²) in [5.74, 6) is 1.49. The molecule has 0 aromatic carbocycles. The molecule has 0 saturated heterocycles. The normalized spacial score (nSPS) is 14.5. The lowest BCUT2D eigenvalue weighted by Crippen LogP contribution is -2.28. The second kappa shape index (κ2) is 5.55. The van der Waals surface area contributed by atoms with Crippen molar-refractivity contribution in [1.29, 1.82) is 0 Å². The molecule has 0 saturated carbocycles. The Hall–Kier alpha value is -0.300. The molecule has 0 aromatic rings. The standard InChI is InChI=1S/C13H27N/c1-10(2)11(3)8-14-9-12(4)13(5,6)7/h10-11,14H,4,8-9H2,1-3,5-7H3. The van der Waals surface area contributed by atoms with Gasteiger partial charge in [0, 0.05) is 6.54 Å². The van der Waals surface area contributed by atoms with Gasteiger partial charge in [0.05, 0.1) is 0 Å². The van der Waals surface area contributed by atoms with Gasteiger partial charge in [-0.15, -0.1) is 0 Å². The Kier molecular flexibility index (Phi) is 5.43. The first-order valence-corrected chi connectivity index (χ1v) is 5.64. The highest BCUT2D eigenvalue weighted by Crippen LogP contribution is 2.22. The predicted molar refractivity (Wildman–Crippen MR) is 65.5 cm³/mol. The van der Waals surface area contributed by atoms with Crippen LogP contribution in [0.5, 0.6) is 0 Å². The van der Waals surface area contributed by atoms with Crippen LogP contribution < -0.4 is 5.32 Å². The van der Waals surface area contributed by atoms with Gasteiger partial charge in [-0.3, -0.25) is 0 Å². The fourth-order valence-corrected chi connectivity index (χ4v) is 0.952. The molecule has 84 valence electrons. The molecule has 0 aliphatic rings. The smallest absolute Gasteiger partial charge is 0.0167 e. The lowest BCUT2D eigenvalue weighted by atomic mass is 9.87. The van der Waals surface area contributed by atoms with Crippen molar-refractivity contribution in [3.8, 4) is 0 Å². The summed E-state index contributed by atoms with van der Waals surface area (Å²) in [4.78, 5) is 0. The first kappa shape index (κ1) is 13.7. The highest BCUT2D eigenvalue weighted by molar-refractivity contribution is 5.06. The highest BCUT2D eigenvalue weighted by Gasteiger charge is 2.14. The molecule has 1 heteroatoms. The molecule has 0 heterocycles. The van der Waals surface area contributed by atoms with Crippen molar-refractivity contribution in [1.82, 2.24) is 5.32 Å². The van der Waals surface area contributed by atoms with E-state index in [9.17, 15) is 0 Å². The molecule has 0 amide bonds. The van der Waals surface area contributed by atoms with E-state index < -0.39 is 0 Å². The number of nitrogens with one attached hydrogen (secondary N) is 1. The van der Waals surface area contributed by atoms with Crippen molar-refractivity contribution in [3.05, 3.63) is 12.2 Å². The minimum Gasteiger partial charge on any atom is -0.313 e. The molecule has 0 aliphatic heterocycles. The Morgan fingerprint density at radius 2 is 1.71 bits per heavy atom. The van der Waals surface area contributed by atoms with E-state index in [1.807, 2.05) is 0 Å². The Balaban J connectivity index is 3.71. The molecule has 0 fully saturated rings. The zero-order chi connectivity index (χ0) is 11.4. The van der Waals surface area contributed by atoms with Crippen molar-refractivity contribution >= 4 is 0 Å². The van der Waals surface area contributed by atoms with Crippen molar-refractivity contribution in [2.45, 2.75) is 41.5 Å². The van der Waals surface area contributed by atoms with E-state index in [-0.39, 0.29) is 5.41 Å². The van der Waals surface area contributed by atoms with Crippen LogP contribution in [0.15, 0.2) is 12.2 Å². The summed E-state index contributed by atoms with van der Waals surface area (Å²) in [6.07, 6.45) is 0. The van der Waals surface area contributed by atoms with Crippen LogP contribution in [0.25, 0.3) is 0 Å². The predicted octanol–water partition coefficient (Wildman–Crippen LogP) is 3.47. The topological polar surface area (TPSA) is 12.0 Å². The lowest BCUT2D eigenvalue weighted by Gasteiger charge is -2.23. The van der Waals surface area contributed by atoms with Gasteiger partial charge in [-0.1, -0.05) is 53.7 Å². The molecule has 0 aromatic heterocycles. The van der Waals surface area contributed by atoms with E-state index in [1.165, 1.54) is 5.57 Å². The van der Waals surface area contributed by atoms with Gasteiger partial charge in [-0.25, -0.2) is 0 Å². The zero-order valence-corrected chi connectivity index (χ0v) is 10.8. The molecule has 1 nitrogen and oxygen atoms in total. The van der Waals surface area contributed by atoms with Crippen LogP contribution in [0.3, 0.4) is 0 Å². The van der Waals surface area contributed by atoms with Crippen molar-refractivity contribution in [2.24, 2.45) is 17.3 Å². The van der Waals surface area contributed by atoms with E-state index in [2.05, 4.69) is 53.4 Å². The van der Waals surface area contributed by atoms with Crippen LogP contribution in [0.4, 0.5) is 0 Å². The van der Waals surface area contributed by atoms with Gasteiger partial charge in [0.25, 0.3) is 0 Å². The van der Waals surface area contributed by atoms with Crippen LogP contribution in [0.1, 0.15) is 41.5 Å². The van der Waals surface area contributed by atoms with Crippen molar-refractivity contribution < 1.29 is 0 Å². The quantitative estimate of drug-likeness (QED) is 0.665. The molecule has 0 radical (unpaired) electrons. The summed E-state index contributed by atoms with van der Waals surface area (Å²) in [7, 11) is 0. The summed E-state index contributed by atoms with van der Waals surface area (Å²) < 4.78 is 0. The van der Waals surface area contributed by atoms with Gasteiger partial charge < -0.3 is 5.32 Å². The fourth-order valence-electron chi connectivity index (χ4n) is 0.952. The monoisotopic (exact) mass is 197 g/mol. The maximum Gasteiger partial charge on any atom is 0.0167 e. The summed E-state index contributed by atoms with van der Waals surface area (Å²) in [5, 5.41) is 3.47. The van der Waals surface area contributed by atoms with E-state index in [0.29, 0.717) is 0 Å². The second-order valence-electron chi connectivity index (χ2n) is 5.71. The molecule has 0 aliphatic carbocycles. The number of hydrogen-bond donors (Lipinski definition) is 1. The lowest BCUT2D eigenvalue weighted by molar-refractivity contribution is 0.390. The maximum atomic E-state index is 4.11. The van der Waals surface area contributed by atoms with Crippen LogP contribution in [-0.2, 0) is 0 Å².